The first kappa shape index (κ1) is 12.0. The van der Waals surface area contributed by atoms with Gasteiger partial charge in [-0.3, -0.25) is 4.79 Å². The summed E-state index contributed by atoms with van der Waals surface area (Å²) in [4.78, 5) is 11.3. The number of aromatic nitrogens is 1. The molecule has 0 atom stereocenters. The van der Waals surface area contributed by atoms with Crippen LogP contribution in [0, 0.1) is 0 Å². The number of ether oxygens (including phenoxy) is 1. The molecule has 0 bridgehead atoms. The number of fused-ring (bicyclic) bond motifs is 1. The fourth-order valence-electron chi connectivity index (χ4n) is 2.14. The monoisotopic (exact) mass is 251 g/mol. The highest BCUT2D eigenvalue weighted by atomic mass is 35.5. The van der Waals surface area contributed by atoms with Crippen LogP contribution in [0.4, 0.5) is 0 Å². The average Bonchev–Trinajstić information content (AvgIpc) is 2.57. The first-order valence-corrected chi connectivity index (χ1v) is 5.72. The van der Waals surface area contributed by atoms with E-state index in [2.05, 4.69) is 0 Å². The van der Waals surface area contributed by atoms with E-state index in [9.17, 15) is 4.79 Å². The quantitative estimate of drug-likeness (QED) is 0.840. The summed E-state index contributed by atoms with van der Waals surface area (Å²) in [6.45, 7) is 1.58. The third-order valence-corrected chi connectivity index (χ3v) is 3.08. The third kappa shape index (κ3) is 2.03. The van der Waals surface area contributed by atoms with Crippen molar-refractivity contribution in [2.75, 3.05) is 7.11 Å². The molecule has 17 heavy (non-hydrogen) atoms. The van der Waals surface area contributed by atoms with E-state index in [0.717, 1.165) is 22.2 Å². The van der Waals surface area contributed by atoms with Gasteiger partial charge in [0.25, 0.3) is 0 Å². The largest absolute Gasteiger partial charge is 0.496 e. The third-order valence-electron chi connectivity index (χ3n) is 2.77. The number of rotatable bonds is 3. The number of hydrogen-bond acceptors (Lipinski definition) is 2. The fraction of sp³-hybridized carbons (Fsp3) is 0.308. The molecule has 3 nitrogen and oxygen atoms in total. The van der Waals surface area contributed by atoms with Crippen molar-refractivity contribution in [3.63, 3.8) is 0 Å². The van der Waals surface area contributed by atoms with E-state index in [1.54, 1.807) is 20.1 Å². The van der Waals surface area contributed by atoms with E-state index in [4.69, 9.17) is 16.3 Å². The van der Waals surface area contributed by atoms with Crippen LogP contribution in [0.5, 0.6) is 5.75 Å². The van der Waals surface area contributed by atoms with Gasteiger partial charge < -0.3 is 9.30 Å². The van der Waals surface area contributed by atoms with E-state index >= 15 is 0 Å². The molecule has 4 heteroatoms. The van der Waals surface area contributed by atoms with E-state index in [1.807, 2.05) is 23.9 Å². The Bertz CT molecular complexity index is 587. The molecule has 0 aliphatic rings. The molecule has 2 aromatic rings. The number of Topliss-reactive ketones (excluding diaryl/α,β-unsaturated/α-hetero) is 1. The lowest BCUT2D eigenvalue weighted by Crippen LogP contribution is -1.95. The van der Waals surface area contributed by atoms with E-state index < -0.39 is 0 Å². The number of aryl methyl sites for hydroxylation is 1. The molecule has 1 aromatic heterocycles. The van der Waals surface area contributed by atoms with Crippen molar-refractivity contribution >= 4 is 28.3 Å². The topological polar surface area (TPSA) is 31.2 Å². The Kier molecular flexibility index (Phi) is 3.11. The minimum atomic E-state index is 0.125. The number of methoxy groups -OCH3 is 1. The predicted molar refractivity (Wildman–Crippen MR) is 68.9 cm³/mol. The molecule has 0 N–H and O–H groups in total. The number of halogens is 1. The predicted octanol–water partition coefficient (Wildman–Crippen LogP) is 2.97. The molecule has 90 valence electrons. The molecule has 0 fully saturated rings. The second kappa shape index (κ2) is 4.41. The number of carbonyl (C=O) groups is 1. The second-order valence-electron chi connectivity index (χ2n) is 4.12. The Morgan fingerprint density at radius 3 is 2.76 bits per heavy atom. The zero-order chi connectivity index (χ0) is 12.6. The molecule has 0 radical (unpaired) electrons. The van der Waals surface area contributed by atoms with Crippen LogP contribution in [0.3, 0.4) is 0 Å². The molecule has 0 aliphatic heterocycles. The van der Waals surface area contributed by atoms with Crippen LogP contribution in [-0.4, -0.2) is 17.5 Å². The number of carbonyl (C=O) groups excluding carboxylic acids is 1. The summed E-state index contributed by atoms with van der Waals surface area (Å²) < 4.78 is 7.26. The molecule has 0 saturated carbocycles. The van der Waals surface area contributed by atoms with E-state index in [1.165, 1.54) is 0 Å². The van der Waals surface area contributed by atoms with Crippen LogP contribution >= 0.6 is 11.6 Å². The smallest absolute Gasteiger partial charge is 0.134 e. The minimum absolute atomic E-state index is 0.125. The second-order valence-corrected chi connectivity index (χ2v) is 4.52. The van der Waals surface area contributed by atoms with Gasteiger partial charge >= 0.3 is 0 Å². The maximum absolute atomic E-state index is 11.3. The number of benzene rings is 1. The van der Waals surface area contributed by atoms with Gasteiger partial charge in [-0.2, -0.15) is 0 Å². The lowest BCUT2D eigenvalue weighted by atomic mass is 10.1. The first-order valence-electron chi connectivity index (χ1n) is 5.34. The van der Waals surface area contributed by atoms with Crippen LogP contribution < -0.4 is 4.74 Å². The van der Waals surface area contributed by atoms with E-state index in [0.29, 0.717) is 11.4 Å². The molecule has 1 aromatic carbocycles. The van der Waals surface area contributed by atoms with Crippen molar-refractivity contribution in [3.05, 3.63) is 28.9 Å². The van der Waals surface area contributed by atoms with Gasteiger partial charge in [-0.1, -0.05) is 11.6 Å². The summed E-state index contributed by atoms with van der Waals surface area (Å²) in [5.41, 5.74) is 1.86. The highest BCUT2D eigenvalue weighted by Gasteiger charge is 2.15. The van der Waals surface area contributed by atoms with E-state index in [-0.39, 0.29) is 5.78 Å². The van der Waals surface area contributed by atoms with Crippen LogP contribution in [0.15, 0.2) is 18.3 Å². The number of ketones is 1. The minimum Gasteiger partial charge on any atom is -0.496 e. The molecule has 0 spiro atoms. The maximum Gasteiger partial charge on any atom is 0.134 e. The lowest BCUT2D eigenvalue weighted by molar-refractivity contribution is -0.116. The molecule has 0 aliphatic carbocycles. The van der Waals surface area contributed by atoms with Gasteiger partial charge in [-0.15, -0.1) is 0 Å². The SMILES string of the molecule is COc1ccc(Cl)c2c1c(CC(C)=O)cn2C. The van der Waals surface area contributed by atoms with Crippen LogP contribution in [0.2, 0.25) is 5.02 Å². The van der Waals surface area contributed by atoms with Crippen LogP contribution in [0.25, 0.3) is 10.9 Å². The number of nitrogens with zero attached hydrogens (tertiary/aromatic N) is 1. The van der Waals surface area contributed by atoms with Gasteiger partial charge in [-0.05, 0) is 24.6 Å². The van der Waals surface area contributed by atoms with Gasteiger partial charge in [0, 0.05) is 25.1 Å². The fourth-order valence-corrected chi connectivity index (χ4v) is 2.43. The van der Waals surface area contributed by atoms with Gasteiger partial charge in [0.05, 0.1) is 17.6 Å². The highest BCUT2D eigenvalue weighted by Crippen LogP contribution is 2.35. The molecule has 0 unspecified atom stereocenters. The first-order chi connectivity index (χ1) is 8.04. The molecular formula is C13H14ClNO2. The van der Waals surface area contributed by atoms with Crippen LogP contribution in [-0.2, 0) is 18.3 Å². The zero-order valence-electron chi connectivity index (χ0n) is 10.1. The van der Waals surface area contributed by atoms with Crippen molar-refractivity contribution < 1.29 is 9.53 Å². The Hall–Kier alpha value is -1.48. The molecule has 0 saturated heterocycles. The van der Waals surface area contributed by atoms with Crippen molar-refractivity contribution in [3.8, 4) is 5.75 Å². The van der Waals surface area contributed by atoms with Crippen molar-refractivity contribution in [2.24, 2.45) is 7.05 Å². The average molecular weight is 252 g/mol. The standard InChI is InChI=1S/C13H14ClNO2/c1-8(16)6-9-7-15(2)13-10(14)4-5-11(17-3)12(9)13/h4-5,7H,6H2,1-3H3. The summed E-state index contributed by atoms with van der Waals surface area (Å²) >= 11 is 6.18. The Labute approximate surface area is 105 Å². The lowest BCUT2D eigenvalue weighted by Gasteiger charge is -2.06. The van der Waals surface area contributed by atoms with Crippen molar-refractivity contribution in [1.29, 1.82) is 0 Å². The normalized spacial score (nSPS) is 10.8. The Morgan fingerprint density at radius 2 is 2.18 bits per heavy atom. The van der Waals surface area contributed by atoms with Gasteiger partial charge in [-0.25, -0.2) is 0 Å². The summed E-state index contributed by atoms with van der Waals surface area (Å²) in [5.74, 6) is 0.876. The Balaban J connectivity index is 2.77. The molecule has 2 rings (SSSR count). The number of hydrogen-bond donors (Lipinski definition) is 0. The maximum atomic E-state index is 11.3. The zero-order valence-corrected chi connectivity index (χ0v) is 10.8. The molecular weight excluding hydrogens is 238 g/mol. The van der Waals surface area contributed by atoms with Gasteiger partial charge in [0.1, 0.15) is 11.5 Å². The summed E-state index contributed by atoms with van der Waals surface area (Å²) in [7, 11) is 3.53. The highest BCUT2D eigenvalue weighted by molar-refractivity contribution is 6.35. The summed E-state index contributed by atoms with van der Waals surface area (Å²) in [6, 6.07) is 3.63. The molecule has 0 amide bonds. The van der Waals surface area contributed by atoms with Crippen molar-refractivity contribution in [1.82, 2.24) is 4.57 Å². The van der Waals surface area contributed by atoms with Crippen molar-refractivity contribution in [2.45, 2.75) is 13.3 Å². The summed E-state index contributed by atoms with van der Waals surface area (Å²) in [6.07, 6.45) is 2.33. The van der Waals surface area contributed by atoms with Gasteiger partial charge in [0.15, 0.2) is 0 Å². The molecule has 1 heterocycles. The van der Waals surface area contributed by atoms with Gasteiger partial charge in [0.2, 0.25) is 0 Å². The summed E-state index contributed by atoms with van der Waals surface area (Å²) in [5, 5.41) is 1.59. The Morgan fingerprint density at radius 1 is 1.47 bits per heavy atom. The van der Waals surface area contributed by atoms with Crippen LogP contribution in [0.1, 0.15) is 12.5 Å².